The number of rotatable bonds is 4. The molecule has 1 fully saturated rings. The molecule has 2 aliphatic heterocycles. The molecule has 2 unspecified atom stereocenters. The molecule has 0 aromatic heterocycles. The molecule has 4 rings (SSSR count). The molecule has 0 saturated carbocycles. The highest BCUT2D eigenvalue weighted by Gasteiger charge is 2.41. The monoisotopic (exact) mass is 365 g/mol. The van der Waals surface area contributed by atoms with Crippen molar-refractivity contribution in [2.75, 3.05) is 0 Å². The highest BCUT2D eigenvalue weighted by molar-refractivity contribution is 5.87. The van der Waals surface area contributed by atoms with Gasteiger partial charge in [-0.3, -0.25) is 9.69 Å². The second kappa shape index (κ2) is 7.35. The molecule has 1 saturated heterocycles. The van der Waals surface area contributed by atoms with Gasteiger partial charge < -0.3 is 4.74 Å². The fourth-order valence-corrected chi connectivity index (χ4v) is 4.05. The third-order valence-electron chi connectivity index (χ3n) is 5.33. The van der Waals surface area contributed by atoms with Gasteiger partial charge in [0.05, 0.1) is 11.6 Å². The summed E-state index contributed by atoms with van der Waals surface area (Å²) in [6.07, 6.45) is 4.54. The quantitative estimate of drug-likeness (QED) is 0.744. The molecule has 2 atom stereocenters. The van der Waals surface area contributed by atoms with E-state index in [0.29, 0.717) is 18.3 Å². The molecule has 2 aliphatic rings. The van der Waals surface area contributed by atoms with Gasteiger partial charge in [0.2, 0.25) is 0 Å². The summed E-state index contributed by atoms with van der Waals surface area (Å²) in [5, 5.41) is 0. The van der Waals surface area contributed by atoms with Crippen molar-refractivity contribution >= 4 is 18.0 Å². The Morgan fingerprint density at radius 3 is 2.70 bits per heavy atom. The zero-order chi connectivity index (χ0) is 18.8. The van der Waals surface area contributed by atoms with Gasteiger partial charge in [0.1, 0.15) is 12.4 Å². The topological polar surface area (TPSA) is 46.6 Å². The lowest BCUT2D eigenvalue weighted by Gasteiger charge is -2.33. The van der Waals surface area contributed by atoms with Crippen molar-refractivity contribution in [1.29, 1.82) is 0 Å². The zero-order valence-corrected chi connectivity index (χ0v) is 14.8. The van der Waals surface area contributed by atoms with Crippen LogP contribution < -0.4 is 0 Å². The van der Waals surface area contributed by atoms with Crippen LogP contribution in [0.1, 0.15) is 40.7 Å². The number of carbonyl (C=O) groups is 2. The number of hydrogen-bond donors (Lipinski definition) is 0. The molecular formula is C22H20FNO3. The summed E-state index contributed by atoms with van der Waals surface area (Å²) < 4.78 is 19.4. The van der Waals surface area contributed by atoms with Crippen LogP contribution in [0.5, 0.6) is 0 Å². The minimum Gasteiger partial charge on any atom is -0.445 e. The Bertz CT molecular complexity index is 894. The molecule has 5 heteroatoms. The van der Waals surface area contributed by atoms with Gasteiger partial charge in [-0.2, -0.15) is 0 Å². The summed E-state index contributed by atoms with van der Waals surface area (Å²) in [6.45, 7) is 0.241. The second-order valence-corrected chi connectivity index (χ2v) is 6.96. The van der Waals surface area contributed by atoms with E-state index >= 15 is 0 Å². The number of fused-ring (bicyclic) bond motifs is 2. The average Bonchev–Trinajstić information content (AvgIpc) is 2.96. The largest absolute Gasteiger partial charge is 0.445 e. The normalized spacial score (nSPS) is 20.9. The first-order valence-corrected chi connectivity index (χ1v) is 9.11. The van der Waals surface area contributed by atoms with Crippen LogP contribution >= 0.6 is 0 Å². The summed E-state index contributed by atoms with van der Waals surface area (Å²) in [5.41, 5.74) is 2.58. The Hall–Kier alpha value is -2.95. The maximum absolute atomic E-state index is 13.9. The minimum atomic E-state index is -0.513. The number of nitrogens with zero attached hydrogens (tertiary/aromatic N) is 1. The maximum Gasteiger partial charge on any atom is 0.410 e. The van der Waals surface area contributed by atoms with Crippen molar-refractivity contribution in [1.82, 2.24) is 4.90 Å². The van der Waals surface area contributed by atoms with E-state index in [1.54, 1.807) is 17.0 Å². The van der Waals surface area contributed by atoms with Crippen LogP contribution in [0.2, 0.25) is 0 Å². The Balaban J connectivity index is 1.52. The van der Waals surface area contributed by atoms with Crippen molar-refractivity contribution in [2.24, 2.45) is 0 Å². The summed E-state index contributed by atoms with van der Waals surface area (Å²) in [6, 6.07) is 14.2. The lowest BCUT2D eigenvalue weighted by molar-refractivity contribution is 0.0832. The predicted molar refractivity (Wildman–Crippen MR) is 99.7 cm³/mol. The van der Waals surface area contributed by atoms with Crippen LogP contribution in [0.3, 0.4) is 0 Å². The maximum atomic E-state index is 13.9. The molecule has 138 valence electrons. The van der Waals surface area contributed by atoms with Crippen LogP contribution in [-0.2, 0) is 11.3 Å². The first-order chi connectivity index (χ1) is 13.2. The zero-order valence-electron chi connectivity index (χ0n) is 14.8. The molecule has 0 N–H and O–H groups in total. The van der Waals surface area contributed by atoms with Crippen LogP contribution in [0.15, 0.2) is 54.6 Å². The van der Waals surface area contributed by atoms with Crippen molar-refractivity contribution in [3.05, 3.63) is 77.1 Å². The molecule has 2 aromatic carbocycles. The number of hydrogen-bond acceptors (Lipinski definition) is 3. The molecule has 4 nitrogen and oxygen atoms in total. The van der Waals surface area contributed by atoms with Gasteiger partial charge in [-0.25, -0.2) is 9.18 Å². The van der Waals surface area contributed by atoms with Gasteiger partial charge in [0.25, 0.3) is 0 Å². The van der Waals surface area contributed by atoms with E-state index in [-0.39, 0.29) is 30.3 Å². The van der Waals surface area contributed by atoms with E-state index in [1.807, 2.05) is 36.4 Å². The van der Waals surface area contributed by atoms with E-state index in [0.717, 1.165) is 24.0 Å². The lowest BCUT2D eigenvalue weighted by Crippen LogP contribution is -2.43. The van der Waals surface area contributed by atoms with Crippen molar-refractivity contribution in [3.63, 3.8) is 0 Å². The summed E-state index contributed by atoms with van der Waals surface area (Å²) in [4.78, 5) is 25.7. The van der Waals surface area contributed by atoms with Gasteiger partial charge >= 0.3 is 6.09 Å². The molecular weight excluding hydrogens is 345 g/mol. The van der Waals surface area contributed by atoms with Crippen molar-refractivity contribution in [2.45, 2.75) is 38.0 Å². The molecule has 2 bridgehead atoms. The number of halogens is 1. The van der Waals surface area contributed by atoms with Gasteiger partial charge in [-0.15, -0.1) is 0 Å². The van der Waals surface area contributed by atoms with Crippen LogP contribution in [-0.4, -0.2) is 29.4 Å². The standard InChI is InChI=1S/C22H20FNO3/c23-21-8-4-7-19(20(21)13-25)16-11-17-9-10-18(12-16)24(17)22(26)27-14-15-5-2-1-3-6-15/h1-8,11,13,17-18H,9-10,12,14H2. The van der Waals surface area contributed by atoms with E-state index in [9.17, 15) is 14.0 Å². The molecule has 2 aromatic rings. The molecule has 2 heterocycles. The number of ether oxygens (including phenoxy) is 1. The Labute approximate surface area is 157 Å². The van der Waals surface area contributed by atoms with Crippen molar-refractivity contribution in [3.8, 4) is 0 Å². The van der Waals surface area contributed by atoms with Crippen LogP contribution in [0.25, 0.3) is 5.57 Å². The van der Waals surface area contributed by atoms with Gasteiger partial charge in [0.15, 0.2) is 6.29 Å². The third-order valence-corrected chi connectivity index (χ3v) is 5.33. The van der Waals surface area contributed by atoms with Gasteiger partial charge in [-0.1, -0.05) is 48.5 Å². The van der Waals surface area contributed by atoms with Crippen molar-refractivity contribution < 1.29 is 18.7 Å². The Kier molecular flexibility index (Phi) is 4.75. The SMILES string of the molecule is O=Cc1c(F)cccc1C1=CC2CCC(C1)N2C(=O)OCc1ccccc1. The van der Waals surface area contributed by atoms with Crippen LogP contribution in [0, 0.1) is 5.82 Å². The van der Waals surface area contributed by atoms with E-state index in [4.69, 9.17) is 4.74 Å². The number of amides is 1. The first-order valence-electron chi connectivity index (χ1n) is 9.11. The smallest absolute Gasteiger partial charge is 0.410 e. The fourth-order valence-electron chi connectivity index (χ4n) is 4.05. The second-order valence-electron chi connectivity index (χ2n) is 6.96. The first kappa shape index (κ1) is 17.5. The van der Waals surface area contributed by atoms with Gasteiger partial charge in [-0.05, 0) is 42.0 Å². The molecule has 27 heavy (non-hydrogen) atoms. The van der Waals surface area contributed by atoms with E-state index < -0.39 is 5.82 Å². The van der Waals surface area contributed by atoms with E-state index in [2.05, 4.69) is 0 Å². The Morgan fingerprint density at radius 1 is 1.15 bits per heavy atom. The summed E-state index contributed by atoms with van der Waals surface area (Å²) in [7, 11) is 0. The summed E-state index contributed by atoms with van der Waals surface area (Å²) >= 11 is 0. The molecule has 1 amide bonds. The lowest BCUT2D eigenvalue weighted by atomic mass is 9.92. The number of aldehydes is 1. The third kappa shape index (κ3) is 3.37. The predicted octanol–water partition coefficient (Wildman–Crippen LogP) is 4.60. The number of benzene rings is 2. The van der Waals surface area contributed by atoms with Gasteiger partial charge in [0, 0.05) is 6.04 Å². The van der Waals surface area contributed by atoms with Crippen LogP contribution in [0.4, 0.5) is 9.18 Å². The molecule has 0 radical (unpaired) electrons. The molecule has 0 aliphatic carbocycles. The number of carbonyl (C=O) groups excluding carboxylic acids is 2. The van der Waals surface area contributed by atoms with E-state index in [1.165, 1.54) is 6.07 Å². The summed E-state index contributed by atoms with van der Waals surface area (Å²) in [5.74, 6) is -0.513. The minimum absolute atomic E-state index is 0.0149. The highest BCUT2D eigenvalue weighted by atomic mass is 19.1. The Morgan fingerprint density at radius 2 is 1.96 bits per heavy atom. The molecule has 0 spiro atoms. The fraction of sp³-hybridized carbons (Fsp3) is 0.273. The average molecular weight is 365 g/mol. The highest BCUT2D eigenvalue weighted by Crippen LogP contribution is 2.39.